The first-order valence-electron chi connectivity index (χ1n) is 9.96. The number of amides is 1. The SMILES string of the molecule is CCCCCCCCCCCOC(=O)/C=C/C(=O)Nc1ccccc1OC. The molecule has 1 rings (SSSR count). The number of anilines is 1. The van der Waals surface area contributed by atoms with Crippen LogP contribution in [0.25, 0.3) is 0 Å². The van der Waals surface area contributed by atoms with Crippen molar-refractivity contribution in [1.29, 1.82) is 0 Å². The third kappa shape index (κ3) is 11.1. The molecule has 0 saturated heterocycles. The molecule has 0 bridgehead atoms. The van der Waals surface area contributed by atoms with Crippen LogP contribution in [0.2, 0.25) is 0 Å². The fourth-order valence-corrected chi connectivity index (χ4v) is 2.70. The standard InChI is InChI=1S/C22H33NO4/c1-3-4-5-6-7-8-9-10-13-18-27-22(25)17-16-21(24)23-19-14-11-12-15-20(19)26-2/h11-12,14-17H,3-10,13,18H2,1-2H3,(H,23,24)/b17-16+. The van der Waals surface area contributed by atoms with Crippen molar-refractivity contribution >= 4 is 17.6 Å². The smallest absolute Gasteiger partial charge is 0.330 e. The molecule has 0 aliphatic rings. The molecule has 1 amide bonds. The van der Waals surface area contributed by atoms with E-state index in [1.54, 1.807) is 18.2 Å². The molecule has 0 radical (unpaired) electrons. The highest BCUT2D eigenvalue weighted by molar-refractivity contribution is 6.03. The second kappa shape index (κ2) is 14.8. The molecule has 5 heteroatoms. The Labute approximate surface area is 163 Å². The number of para-hydroxylation sites is 2. The first-order valence-corrected chi connectivity index (χ1v) is 9.96. The predicted octanol–water partition coefficient (Wildman–Crippen LogP) is 5.26. The van der Waals surface area contributed by atoms with Crippen molar-refractivity contribution in [3.63, 3.8) is 0 Å². The van der Waals surface area contributed by atoms with Crippen LogP contribution in [0.15, 0.2) is 36.4 Å². The van der Waals surface area contributed by atoms with E-state index in [-0.39, 0.29) is 0 Å². The number of carbonyl (C=O) groups excluding carboxylic acids is 2. The molecule has 1 aromatic carbocycles. The number of rotatable bonds is 14. The molecule has 150 valence electrons. The molecule has 0 aliphatic heterocycles. The van der Waals surface area contributed by atoms with E-state index < -0.39 is 11.9 Å². The lowest BCUT2D eigenvalue weighted by Crippen LogP contribution is -2.10. The van der Waals surface area contributed by atoms with Crippen LogP contribution < -0.4 is 10.1 Å². The van der Waals surface area contributed by atoms with E-state index in [9.17, 15) is 9.59 Å². The van der Waals surface area contributed by atoms with E-state index in [1.807, 2.05) is 6.07 Å². The highest BCUT2D eigenvalue weighted by Crippen LogP contribution is 2.22. The minimum absolute atomic E-state index is 0.396. The van der Waals surface area contributed by atoms with Gasteiger partial charge in [-0.15, -0.1) is 0 Å². The van der Waals surface area contributed by atoms with Gasteiger partial charge in [-0.25, -0.2) is 4.79 Å². The highest BCUT2D eigenvalue weighted by atomic mass is 16.5. The minimum atomic E-state index is -0.496. The normalized spacial score (nSPS) is 10.7. The maximum absolute atomic E-state index is 11.9. The van der Waals surface area contributed by atoms with Crippen LogP contribution in [0.3, 0.4) is 0 Å². The van der Waals surface area contributed by atoms with Crippen molar-refractivity contribution in [1.82, 2.24) is 0 Å². The van der Waals surface area contributed by atoms with E-state index in [0.717, 1.165) is 18.9 Å². The van der Waals surface area contributed by atoms with Gasteiger partial charge >= 0.3 is 5.97 Å². The van der Waals surface area contributed by atoms with Crippen molar-refractivity contribution in [2.24, 2.45) is 0 Å². The Morgan fingerprint density at radius 1 is 0.926 bits per heavy atom. The first-order chi connectivity index (χ1) is 13.2. The third-order valence-corrected chi connectivity index (χ3v) is 4.23. The van der Waals surface area contributed by atoms with Crippen molar-refractivity contribution < 1.29 is 19.1 Å². The molecule has 0 fully saturated rings. The van der Waals surface area contributed by atoms with Crippen molar-refractivity contribution in [3.05, 3.63) is 36.4 Å². The second-order valence-corrected chi connectivity index (χ2v) is 6.52. The zero-order valence-electron chi connectivity index (χ0n) is 16.7. The van der Waals surface area contributed by atoms with Gasteiger partial charge in [0, 0.05) is 12.2 Å². The lowest BCUT2D eigenvalue weighted by Gasteiger charge is -2.07. The van der Waals surface area contributed by atoms with Crippen molar-refractivity contribution in [2.75, 3.05) is 19.0 Å². The Morgan fingerprint density at radius 2 is 1.56 bits per heavy atom. The van der Waals surface area contributed by atoms with Crippen LogP contribution in [-0.2, 0) is 14.3 Å². The number of nitrogens with one attached hydrogen (secondary N) is 1. The summed E-state index contributed by atoms with van der Waals surface area (Å²) in [4.78, 5) is 23.5. The van der Waals surface area contributed by atoms with Gasteiger partial charge in [0.2, 0.25) is 5.91 Å². The Hall–Kier alpha value is -2.30. The zero-order valence-corrected chi connectivity index (χ0v) is 16.7. The molecule has 0 unspecified atom stereocenters. The van der Waals surface area contributed by atoms with Gasteiger partial charge in [0.15, 0.2) is 0 Å². The van der Waals surface area contributed by atoms with Crippen LogP contribution in [0, 0.1) is 0 Å². The van der Waals surface area contributed by atoms with Crippen LogP contribution in [0.5, 0.6) is 5.75 Å². The number of methoxy groups -OCH3 is 1. The van der Waals surface area contributed by atoms with Gasteiger partial charge in [0.05, 0.1) is 19.4 Å². The molecule has 27 heavy (non-hydrogen) atoms. The lowest BCUT2D eigenvalue weighted by atomic mass is 10.1. The van der Waals surface area contributed by atoms with Gasteiger partial charge < -0.3 is 14.8 Å². The average molecular weight is 376 g/mol. The highest BCUT2D eigenvalue weighted by Gasteiger charge is 2.05. The van der Waals surface area contributed by atoms with E-state index in [4.69, 9.17) is 9.47 Å². The summed E-state index contributed by atoms with van der Waals surface area (Å²) in [6.45, 7) is 2.62. The van der Waals surface area contributed by atoms with Crippen LogP contribution in [0.4, 0.5) is 5.69 Å². The Kier molecular flexibility index (Phi) is 12.5. The van der Waals surface area contributed by atoms with Crippen molar-refractivity contribution in [2.45, 2.75) is 64.7 Å². The fourth-order valence-electron chi connectivity index (χ4n) is 2.70. The topological polar surface area (TPSA) is 64.6 Å². The van der Waals surface area contributed by atoms with Gasteiger partial charge in [-0.3, -0.25) is 4.79 Å². The summed E-state index contributed by atoms with van der Waals surface area (Å²) in [7, 11) is 1.53. The summed E-state index contributed by atoms with van der Waals surface area (Å²) in [6, 6.07) is 7.08. The van der Waals surface area contributed by atoms with Gasteiger partial charge in [-0.05, 0) is 18.6 Å². The van der Waals surface area contributed by atoms with E-state index in [0.29, 0.717) is 18.0 Å². The maximum atomic E-state index is 11.9. The van der Waals surface area contributed by atoms with Crippen molar-refractivity contribution in [3.8, 4) is 5.75 Å². The zero-order chi connectivity index (χ0) is 19.7. The molecule has 1 aromatic rings. The van der Waals surface area contributed by atoms with Gasteiger partial charge in [-0.1, -0.05) is 70.4 Å². The summed E-state index contributed by atoms with van der Waals surface area (Å²) in [5, 5.41) is 2.67. The largest absolute Gasteiger partial charge is 0.495 e. The number of hydrogen-bond donors (Lipinski definition) is 1. The Bertz CT molecular complexity index is 583. The van der Waals surface area contributed by atoms with Crippen LogP contribution >= 0.6 is 0 Å². The van der Waals surface area contributed by atoms with Gasteiger partial charge in [0.1, 0.15) is 5.75 Å². The molecule has 0 atom stereocenters. The molecule has 1 N–H and O–H groups in total. The molecule has 0 heterocycles. The minimum Gasteiger partial charge on any atom is -0.495 e. The second-order valence-electron chi connectivity index (χ2n) is 6.52. The monoisotopic (exact) mass is 375 g/mol. The van der Waals surface area contributed by atoms with Gasteiger partial charge in [0.25, 0.3) is 0 Å². The lowest BCUT2D eigenvalue weighted by molar-refractivity contribution is -0.138. The quantitative estimate of drug-likeness (QED) is 0.273. The fraction of sp³-hybridized carbons (Fsp3) is 0.545. The summed E-state index contributed by atoms with van der Waals surface area (Å²) in [5.41, 5.74) is 0.553. The number of benzene rings is 1. The molecule has 0 saturated carbocycles. The maximum Gasteiger partial charge on any atom is 0.330 e. The molecule has 5 nitrogen and oxygen atoms in total. The van der Waals surface area contributed by atoms with Crippen LogP contribution in [-0.4, -0.2) is 25.6 Å². The summed E-state index contributed by atoms with van der Waals surface area (Å²) in [5.74, 6) is -0.337. The predicted molar refractivity (Wildman–Crippen MR) is 109 cm³/mol. The summed E-state index contributed by atoms with van der Waals surface area (Å²) >= 11 is 0. The molecular formula is C22H33NO4. The average Bonchev–Trinajstić information content (AvgIpc) is 2.68. The van der Waals surface area contributed by atoms with E-state index in [2.05, 4.69) is 12.2 Å². The Morgan fingerprint density at radius 3 is 2.22 bits per heavy atom. The van der Waals surface area contributed by atoms with E-state index >= 15 is 0 Å². The third-order valence-electron chi connectivity index (χ3n) is 4.23. The number of unbranched alkanes of at least 4 members (excludes halogenated alkanes) is 8. The van der Waals surface area contributed by atoms with Crippen LogP contribution in [0.1, 0.15) is 64.7 Å². The van der Waals surface area contributed by atoms with Gasteiger partial charge in [-0.2, -0.15) is 0 Å². The molecule has 0 spiro atoms. The molecule has 0 aromatic heterocycles. The number of ether oxygens (including phenoxy) is 2. The first kappa shape index (κ1) is 22.7. The number of carbonyl (C=O) groups is 2. The number of esters is 1. The molecular weight excluding hydrogens is 342 g/mol. The summed E-state index contributed by atoms with van der Waals surface area (Å²) in [6.07, 6.45) is 13.3. The number of hydrogen-bond acceptors (Lipinski definition) is 4. The molecule has 0 aliphatic carbocycles. The van der Waals surface area contributed by atoms with E-state index in [1.165, 1.54) is 58.1 Å². The Balaban J connectivity index is 2.11. The summed E-state index contributed by atoms with van der Waals surface area (Å²) < 4.78 is 10.3.